The van der Waals surface area contributed by atoms with Crippen molar-refractivity contribution >= 4 is 10.0 Å². The molecule has 19 heavy (non-hydrogen) atoms. The van der Waals surface area contributed by atoms with Crippen molar-refractivity contribution in [2.45, 2.75) is 45.5 Å². The lowest BCUT2D eigenvalue weighted by molar-refractivity contribution is 0.437. The van der Waals surface area contributed by atoms with Crippen LogP contribution in [0.25, 0.3) is 0 Å². The highest BCUT2D eigenvalue weighted by Gasteiger charge is 2.19. The summed E-state index contributed by atoms with van der Waals surface area (Å²) in [4.78, 5) is 0. The van der Waals surface area contributed by atoms with Gasteiger partial charge in [0.2, 0.25) is 10.0 Å². The largest absolute Gasteiger partial charge is 0.326 e. The zero-order chi connectivity index (χ0) is 14.5. The Kier molecular flexibility index (Phi) is 5.97. The fraction of sp³-hybridized carbons (Fsp3) is 0.571. The van der Waals surface area contributed by atoms with E-state index in [1.165, 1.54) is 0 Å². The Morgan fingerprint density at radius 3 is 2.42 bits per heavy atom. The summed E-state index contributed by atoms with van der Waals surface area (Å²) in [6.45, 7) is 6.45. The van der Waals surface area contributed by atoms with Crippen LogP contribution in [-0.4, -0.2) is 14.5 Å². The summed E-state index contributed by atoms with van der Waals surface area (Å²) in [5, 5.41) is 0. The smallest absolute Gasteiger partial charge is 0.216 e. The summed E-state index contributed by atoms with van der Waals surface area (Å²) in [6.07, 6.45) is 0.791. The van der Waals surface area contributed by atoms with Gasteiger partial charge in [-0.25, -0.2) is 13.1 Å². The second-order valence-electron chi connectivity index (χ2n) is 5.16. The number of hydrogen-bond donors (Lipinski definition) is 2. The van der Waals surface area contributed by atoms with Gasteiger partial charge >= 0.3 is 0 Å². The zero-order valence-electron chi connectivity index (χ0n) is 11.9. The summed E-state index contributed by atoms with van der Waals surface area (Å²) < 4.78 is 27.0. The monoisotopic (exact) mass is 284 g/mol. The first kappa shape index (κ1) is 16.1. The second kappa shape index (κ2) is 7.03. The Bertz CT molecular complexity index is 498. The van der Waals surface area contributed by atoms with Crippen molar-refractivity contribution in [3.63, 3.8) is 0 Å². The Hall–Kier alpha value is -0.910. The molecule has 0 saturated heterocycles. The molecule has 1 rings (SSSR count). The standard InChI is InChI=1S/C14H24N2O2S/c1-4-14(11(2)3)16-19(17,18)10-13-7-5-6-12(8-13)9-15/h5-8,11,14,16H,4,9-10,15H2,1-3H3. The molecule has 0 fully saturated rings. The van der Waals surface area contributed by atoms with Gasteiger partial charge in [-0.2, -0.15) is 0 Å². The first-order chi connectivity index (χ1) is 8.88. The van der Waals surface area contributed by atoms with Gasteiger partial charge in [0.25, 0.3) is 0 Å². The average Bonchev–Trinajstić information content (AvgIpc) is 2.35. The van der Waals surface area contributed by atoms with E-state index in [4.69, 9.17) is 5.73 Å². The van der Waals surface area contributed by atoms with Crippen LogP contribution in [0.1, 0.15) is 38.3 Å². The molecular formula is C14H24N2O2S. The molecule has 108 valence electrons. The van der Waals surface area contributed by atoms with Gasteiger partial charge in [0, 0.05) is 12.6 Å². The van der Waals surface area contributed by atoms with Gasteiger partial charge < -0.3 is 5.73 Å². The zero-order valence-corrected chi connectivity index (χ0v) is 12.7. The maximum Gasteiger partial charge on any atom is 0.216 e. The maximum absolute atomic E-state index is 12.1. The highest BCUT2D eigenvalue weighted by Crippen LogP contribution is 2.12. The van der Waals surface area contributed by atoms with Gasteiger partial charge in [-0.1, -0.05) is 45.0 Å². The maximum atomic E-state index is 12.1. The average molecular weight is 284 g/mol. The second-order valence-corrected chi connectivity index (χ2v) is 6.91. The lowest BCUT2D eigenvalue weighted by Gasteiger charge is -2.20. The minimum atomic E-state index is -3.31. The molecule has 0 heterocycles. The topological polar surface area (TPSA) is 72.2 Å². The normalized spacial score (nSPS) is 13.7. The Morgan fingerprint density at radius 2 is 1.89 bits per heavy atom. The predicted octanol–water partition coefficient (Wildman–Crippen LogP) is 2.00. The Labute approximate surface area is 116 Å². The molecule has 0 aliphatic rings. The summed E-state index contributed by atoms with van der Waals surface area (Å²) in [5.74, 6) is 0.291. The highest BCUT2D eigenvalue weighted by atomic mass is 32.2. The van der Waals surface area contributed by atoms with E-state index in [0.717, 1.165) is 17.5 Å². The van der Waals surface area contributed by atoms with Gasteiger partial charge in [0.1, 0.15) is 0 Å². The van der Waals surface area contributed by atoms with Crippen molar-refractivity contribution in [3.8, 4) is 0 Å². The fourth-order valence-electron chi connectivity index (χ4n) is 2.03. The third kappa shape index (κ3) is 5.30. The molecule has 0 aromatic heterocycles. The number of sulfonamides is 1. The molecule has 0 aliphatic carbocycles. The van der Waals surface area contributed by atoms with E-state index in [9.17, 15) is 8.42 Å². The van der Waals surface area contributed by atoms with E-state index < -0.39 is 10.0 Å². The molecule has 0 amide bonds. The van der Waals surface area contributed by atoms with Crippen molar-refractivity contribution in [1.82, 2.24) is 4.72 Å². The molecule has 1 aromatic carbocycles. The van der Waals surface area contributed by atoms with Crippen LogP contribution < -0.4 is 10.5 Å². The molecule has 0 bridgehead atoms. The third-order valence-corrected chi connectivity index (χ3v) is 4.53. The quantitative estimate of drug-likeness (QED) is 0.804. The van der Waals surface area contributed by atoms with Crippen LogP contribution in [0.2, 0.25) is 0 Å². The van der Waals surface area contributed by atoms with Crippen LogP contribution in [-0.2, 0) is 22.3 Å². The van der Waals surface area contributed by atoms with Crippen LogP contribution in [0.15, 0.2) is 24.3 Å². The number of rotatable bonds is 7. The first-order valence-electron chi connectivity index (χ1n) is 6.65. The van der Waals surface area contributed by atoms with Crippen LogP contribution >= 0.6 is 0 Å². The van der Waals surface area contributed by atoms with Crippen molar-refractivity contribution in [1.29, 1.82) is 0 Å². The summed E-state index contributed by atoms with van der Waals surface area (Å²) in [7, 11) is -3.31. The first-order valence-corrected chi connectivity index (χ1v) is 8.31. The summed E-state index contributed by atoms with van der Waals surface area (Å²) in [6, 6.07) is 7.38. The van der Waals surface area contributed by atoms with Gasteiger partial charge in [-0.05, 0) is 23.5 Å². The SMILES string of the molecule is CCC(NS(=O)(=O)Cc1cccc(CN)c1)C(C)C. The Balaban J connectivity index is 2.78. The summed E-state index contributed by atoms with van der Waals surface area (Å²) >= 11 is 0. The van der Waals surface area contributed by atoms with E-state index >= 15 is 0 Å². The lowest BCUT2D eigenvalue weighted by Crippen LogP contribution is -2.38. The Morgan fingerprint density at radius 1 is 1.26 bits per heavy atom. The molecule has 3 N–H and O–H groups in total. The molecule has 0 spiro atoms. The van der Waals surface area contributed by atoms with E-state index in [-0.39, 0.29) is 17.7 Å². The molecule has 0 aliphatic heterocycles. The van der Waals surface area contributed by atoms with Crippen LogP contribution in [0.3, 0.4) is 0 Å². The van der Waals surface area contributed by atoms with Crippen molar-refractivity contribution in [2.24, 2.45) is 11.7 Å². The van der Waals surface area contributed by atoms with Gasteiger partial charge in [0.05, 0.1) is 5.75 Å². The van der Waals surface area contributed by atoms with E-state index in [1.807, 2.05) is 45.0 Å². The molecule has 4 nitrogen and oxygen atoms in total. The van der Waals surface area contributed by atoms with Crippen molar-refractivity contribution in [2.75, 3.05) is 0 Å². The van der Waals surface area contributed by atoms with E-state index in [2.05, 4.69) is 4.72 Å². The molecule has 5 heteroatoms. The van der Waals surface area contributed by atoms with Gasteiger partial charge in [0.15, 0.2) is 0 Å². The van der Waals surface area contributed by atoms with Crippen molar-refractivity contribution in [3.05, 3.63) is 35.4 Å². The predicted molar refractivity (Wildman–Crippen MR) is 79.0 cm³/mol. The number of hydrogen-bond acceptors (Lipinski definition) is 3. The molecule has 0 saturated carbocycles. The number of nitrogens with one attached hydrogen (secondary N) is 1. The number of nitrogens with two attached hydrogens (primary N) is 1. The summed E-state index contributed by atoms with van der Waals surface area (Å²) in [5.41, 5.74) is 7.28. The highest BCUT2D eigenvalue weighted by molar-refractivity contribution is 7.88. The van der Waals surface area contributed by atoms with Crippen LogP contribution in [0.5, 0.6) is 0 Å². The van der Waals surface area contributed by atoms with Gasteiger partial charge in [-0.3, -0.25) is 0 Å². The van der Waals surface area contributed by atoms with Crippen LogP contribution in [0.4, 0.5) is 0 Å². The van der Waals surface area contributed by atoms with Crippen LogP contribution in [0, 0.1) is 5.92 Å². The minimum absolute atomic E-state index is 0.00403. The molecule has 1 atom stereocenters. The minimum Gasteiger partial charge on any atom is -0.326 e. The van der Waals surface area contributed by atoms with Crippen molar-refractivity contribution < 1.29 is 8.42 Å². The van der Waals surface area contributed by atoms with E-state index in [0.29, 0.717) is 6.54 Å². The molecule has 1 unspecified atom stereocenters. The molecular weight excluding hydrogens is 260 g/mol. The van der Waals surface area contributed by atoms with Gasteiger partial charge in [-0.15, -0.1) is 0 Å². The molecule has 1 aromatic rings. The fourth-order valence-corrected chi connectivity index (χ4v) is 3.63. The third-order valence-electron chi connectivity index (χ3n) is 3.16. The lowest BCUT2D eigenvalue weighted by atomic mass is 10.0. The number of benzene rings is 1. The van der Waals surface area contributed by atoms with E-state index in [1.54, 1.807) is 0 Å². The molecule has 0 radical (unpaired) electrons.